The third-order valence-corrected chi connectivity index (χ3v) is 13.7. The normalized spacial score (nSPS) is 9.60. The van der Waals surface area contributed by atoms with Crippen molar-refractivity contribution in [3.63, 3.8) is 0 Å². The van der Waals surface area contributed by atoms with Gasteiger partial charge in [-0.1, -0.05) is 0 Å². The van der Waals surface area contributed by atoms with E-state index in [-0.39, 0.29) is 0 Å². The zero-order valence-corrected chi connectivity index (χ0v) is 44.9. The summed E-state index contributed by atoms with van der Waals surface area (Å²) < 4.78 is 31.8. The van der Waals surface area contributed by atoms with Gasteiger partial charge in [0.15, 0.2) is 0 Å². The number of methoxy groups -OCH3 is 6. The minimum atomic E-state index is -1.12. The molecule has 0 aliphatic carbocycles. The van der Waals surface area contributed by atoms with E-state index in [0.717, 1.165) is 48.7 Å². The maximum absolute atomic E-state index is 7.00. The second-order valence-corrected chi connectivity index (χ2v) is 24.0. The number of rotatable bonds is 12. The summed E-state index contributed by atoms with van der Waals surface area (Å²) in [5.74, 6) is 5.22. The van der Waals surface area contributed by atoms with Crippen LogP contribution < -0.4 is 60.2 Å². The van der Waals surface area contributed by atoms with Gasteiger partial charge in [0.25, 0.3) is 0 Å². The standard InChI is InChI=1S/2C21H21O3P.2CH4O.4ClH.2Re/c2*1-22-16-4-10-19(11-5-16)25(20-12-6-17(23-2)7-13-20)21-14-8-18(24-3)9-15-21;2*1-2;;;;;;/h2*4-15H,1-3H3;2*2H,1H3;4*1H;;/q;;;;;;;;2*+2/p-2. The number of aliphatic hydroxyl groups excluding tert-OH is 2. The molecule has 0 amide bonds. The van der Waals surface area contributed by atoms with Crippen molar-refractivity contribution in [2.24, 2.45) is 0 Å². The van der Waals surface area contributed by atoms with Crippen molar-refractivity contribution in [1.29, 1.82) is 0 Å². The van der Waals surface area contributed by atoms with Crippen molar-refractivity contribution in [2.75, 3.05) is 56.9 Å². The molecule has 0 fully saturated rings. The van der Waals surface area contributed by atoms with Gasteiger partial charge in [0, 0.05) is 14.2 Å². The average Bonchev–Trinajstić information content (AvgIpc) is 3.32. The van der Waals surface area contributed by atoms with E-state index < -0.39 is 47.7 Å². The minimum absolute atomic E-state index is 0.722. The fourth-order valence-electron chi connectivity index (χ4n) is 5.55. The number of ether oxygens (including phenoxy) is 6. The fourth-order valence-corrected chi connectivity index (χ4v) is 10.5. The zero-order chi connectivity index (χ0) is 44.7. The summed E-state index contributed by atoms with van der Waals surface area (Å²) in [7, 11) is 29.6. The number of hydrogen-bond donors (Lipinski definition) is 2. The van der Waals surface area contributed by atoms with Crippen LogP contribution in [0.5, 0.6) is 34.5 Å². The molecule has 0 aliphatic heterocycles. The summed E-state index contributed by atoms with van der Waals surface area (Å²) in [6.45, 7) is 0. The van der Waals surface area contributed by atoms with Gasteiger partial charge in [0.2, 0.25) is 0 Å². The molecule has 6 aromatic carbocycles. The van der Waals surface area contributed by atoms with Crippen molar-refractivity contribution in [1.82, 2.24) is 0 Å². The summed E-state index contributed by atoms with van der Waals surface area (Å²) >= 11 is -1.44. The van der Waals surface area contributed by atoms with E-state index in [4.69, 9.17) is 76.8 Å². The Morgan fingerprint density at radius 2 is 0.383 bits per heavy atom. The monoisotopic (exact) mass is 1280 g/mol. The molecule has 6 aromatic rings. The van der Waals surface area contributed by atoms with Crippen LogP contribution in [-0.2, 0) is 31.9 Å². The Morgan fingerprint density at radius 3 is 0.467 bits per heavy atom. The average molecular weight is 1290 g/mol. The zero-order valence-electron chi connectivity index (χ0n) is 34.5. The Bertz CT molecular complexity index is 1580. The van der Waals surface area contributed by atoms with Crippen LogP contribution in [0.25, 0.3) is 0 Å². The number of aliphatic hydroxyl groups is 2. The summed E-state index contributed by atoms with van der Waals surface area (Å²) in [4.78, 5) is 0. The van der Waals surface area contributed by atoms with Gasteiger partial charge in [-0.25, -0.2) is 0 Å². The molecule has 6 rings (SSSR count). The first kappa shape index (κ1) is 55.4. The summed E-state index contributed by atoms with van der Waals surface area (Å²) in [5.41, 5.74) is 0. The van der Waals surface area contributed by atoms with E-state index in [1.54, 1.807) is 42.7 Å². The first-order valence-corrected chi connectivity index (χ1v) is 34.0. The number of benzene rings is 6. The van der Waals surface area contributed by atoms with Crippen molar-refractivity contribution in [2.45, 2.75) is 0 Å². The molecule has 0 saturated carbocycles. The summed E-state index contributed by atoms with van der Waals surface area (Å²) in [5, 5.41) is 21.8. The van der Waals surface area contributed by atoms with Crippen LogP contribution in [0.2, 0.25) is 0 Å². The van der Waals surface area contributed by atoms with Crippen LogP contribution in [-0.4, -0.2) is 67.1 Å². The SMILES string of the molecule is CO.CO.COc1ccc([PH+](c2ccc(OC)cc2)c2ccc(OC)cc2)cc1.COc1ccc([PH+](c2ccc(OC)cc2)c2ccc(OC)cc2)cc1.[Cl][Re][Cl].[Cl][Re][Cl]. The fraction of sp³-hybridized carbons (Fsp3) is 0.182. The molecule has 0 radical (unpaired) electrons. The first-order valence-electron chi connectivity index (χ1n) is 17.6. The van der Waals surface area contributed by atoms with E-state index in [1.807, 2.05) is 72.8 Å². The molecule has 16 heteroatoms. The quantitative estimate of drug-likeness (QED) is 0.118. The van der Waals surface area contributed by atoms with Crippen molar-refractivity contribution in [3.05, 3.63) is 146 Å². The van der Waals surface area contributed by atoms with Gasteiger partial charge in [-0.2, -0.15) is 0 Å². The van der Waals surface area contributed by atoms with Crippen LogP contribution in [0.15, 0.2) is 146 Å². The number of hydrogen-bond acceptors (Lipinski definition) is 8. The Hall–Kier alpha value is -2.62. The van der Waals surface area contributed by atoms with E-state index in [0.29, 0.717) is 0 Å². The molecule has 0 atom stereocenters. The van der Waals surface area contributed by atoms with Crippen LogP contribution in [0.1, 0.15) is 0 Å². The molecule has 0 aromatic heterocycles. The van der Waals surface area contributed by atoms with Gasteiger partial charge in [-0.05, 0) is 146 Å². The Balaban J connectivity index is 0.000000494. The van der Waals surface area contributed by atoms with Crippen LogP contribution in [0, 0.1) is 0 Å². The molecular weight excluding hydrogens is 1230 g/mol. The molecule has 0 unspecified atom stereocenters. The molecule has 0 bridgehead atoms. The van der Waals surface area contributed by atoms with Gasteiger partial charge in [0.1, 0.15) is 66.3 Å². The maximum atomic E-state index is 7.00. The third kappa shape index (κ3) is 18.8. The topological polar surface area (TPSA) is 95.8 Å². The van der Waals surface area contributed by atoms with Gasteiger partial charge in [-0.15, -0.1) is 0 Å². The first-order chi connectivity index (χ1) is 29.3. The van der Waals surface area contributed by atoms with Gasteiger partial charge in [-0.3, -0.25) is 0 Å². The van der Waals surface area contributed by atoms with E-state index in [9.17, 15) is 0 Å². The van der Waals surface area contributed by atoms with Crippen LogP contribution >= 0.6 is 54.0 Å². The molecule has 0 saturated heterocycles. The predicted molar refractivity (Wildman–Crippen MR) is 252 cm³/mol. The predicted octanol–water partition coefficient (Wildman–Crippen LogP) is 8.38. The molecule has 2 N–H and O–H groups in total. The van der Waals surface area contributed by atoms with Gasteiger partial charge >= 0.3 is 70.0 Å². The van der Waals surface area contributed by atoms with Gasteiger partial charge in [0.05, 0.1) is 58.5 Å². The molecule has 0 spiro atoms. The molecular formula is C44H52Cl4O8P2Re2+2. The van der Waals surface area contributed by atoms with E-state index >= 15 is 0 Å². The Labute approximate surface area is 390 Å². The molecule has 0 heterocycles. The molecule has 8 nitrogen and oxygen atoms in total. The molecule has 326 valence electrons. The summed E-state index contributed by atoms with van der Waals surface area (Å²) in [6.07, 6.45) is 0. The third-order valence-electron chi connectivity index (χ3n) is 8.27. The van der Waals surface area contributed by atoms with Gasteiger partial charge < -0.3 is 38.6 Å². The van der Waals surface area contributed by atoms with Crippen molar-refractivity contribution in [3.8, 4) is 34.5 Å². The Morgan fingerprint density at radius 1 is 0.283 bits per heavy atom. The van der Waals surface area contributed by atoms with Crippen LogP contribution in [0.4, 0.5) is 0 Å². The molecule has 0 aliphatic rings. The summed E-state index contributed by atoms with van der Waals surface area (Å²) in [6, 6.07) is 50.1. The Kier molecular flexibility index (Phi) is 31.3. The van der Waals surface area contributed by atoms with E-state index in [1.165, 1.54) is 31.8 Å². The van der Waals surface area contributed by atoms with Crippen LogP contribution in [0.3, 0.4) is 0 Å². The van der Waals surface area contributed by atoms with E-state index in [2.05, 4.69) is 72.8 Å². The second-order valence-electron chi connectivity index (χ2n) is 11.2. The van der Waals surface area contributed by atoms with Crippen molar-refractivity contribution < 1.29 is 70.5 Å². The van der Waals surface area contributed by atoms with Crippen molar-refractivity contribution >= 4 is 85.8 Å². The second kappa shape index (κ2) is 33.9. The number of halogens is 4. The molecule has 60 heavy (non-hydrogen) atoms.